The number of rotatable bonds is 0. The molecule has 0 radical (unpaired) electrons. The van der Waals surface area contributed by atoms with Gasteiger partial charge in [-0.2, -0.15) is 0 Å². The first kappa shape index (κ1) is 10.3. The molecule has 4 nitrogen and oxygen atoms in total. The first-order chi connectivity index (χ1) is 8.11. The van der Waals surface area contributed by atoms with Crippen molar-refractivity contribution in [2.45, 2.75) is 0 Å². The molecule has 0 aromatic heterocycles. The predicted octanol–water partition coefficient (Wildman–Crippen LogP) is 2.07. The Morgan fingerprint density at radius 3 is 2.29 bits per heavy atom. The Hall–Kier alpha value is -1.88. The number of anilines is 1. The molecule has 17 heavy (non-hydrogen) atoms. The number of amides is 2. The Bertz CT molecular complexity index is 694. The van der Waals surface area contributed by atoms with Crippen LogP contribution in [-0.2, 0) is 0 Å². The largest absolute Gasteiger partial charge is 0.397 e. The van der Waals surface area contributed by atoms with Gasteiger partial charge in [0.2, 0.25) is 0 Å². The third-order valence-electron chi connectivity index (χ3n) is 2.87. The number of nitrogen functional groups attached to an aromatic ring is 1. The highest BCUT2D eigenvalue weighted by molar-refractivity contribution is 9.10. The fourth-order valence-electron chi connectivity index (χ4n) is 2.11. The van der Waals surface area contributed by atoms with E-state index in [1.165, 1.54) is 0 Å². The fourth-order valence-corrected chi connectivity index (χ4v) is 2.70. The zero-order chi connectivity index (χ0) is 12.2. The van der Waals surface area contributed by atoms with Gasteiger partial charge in [0.25, 0.3) is 11.8 Å². The number of nitrogens with two attached hydrogens (primary N) is 1. The Morgan fingerprint density at radius 2 is 1.59 bits per heavy atom. The van der Waals surface area contributed by atoms with Crippen LogP contribution in [0.15, 0.2) is 28.7 Å². The van der Waals surface area contributed by atoms with Gasteiger partial charge in [0.1, 0.15) is 0 Å². The number of carbonyl (C=O) groups is 2. The molecule has 0 spiro atoms. The minimum Gasteiger partial charge on any atom is -0.397 e. The summed E-state index contributed by atoms with van der Waals surface area (Å²) >= 11 is 3.28. The molecule has 84 valence electrons. The van der Waals surface area contributed by atoms with Crippen molar-refractivity contribution in [3.8, 4) is 0 Å². The summed E-state index contributed by atoms with van der Waals surface area (Å²) in [5.74, 6) is -0.781. The summed E-state index contributed by atoms with van der Waals surface area (Å²) in [7, 11) is 0. The number of halogens is 1. The van der Waals surface area contributed by atoms with Crippen molar-refractivity contribution in [1.82, 2.24) is 5.32 Å². The van der Waals surface area contributed by atoms with Crippen LogP contribution >= 0.6 is 15.9 Å². The predicted molar refractivity (Wildman–Crippen MR) is 67.9 cm³/mol. The molecule has 2 amide bonds. The zero-order valence-electron chi connectivity index (χ0n) is 8.58. The lowest BCUT2D eigenvalue weighted by atomic mass is 9.99. The van der Waals surface area contributed by atoms with E-state index < -0.39 is 5.91 Å². The summed E-state index contributed by atoms with van der Waals surface area (Å²) in [6, 6.07) is 7.26. The van der Waals surface area contributed by atoms with Crippen molar-refractivity contribution in [1.29, 1.82) is 0 Å². The first-order valence-electron chi connectivity index (χ1n) is 4.96. The molecule has 0 fully saturated rings. The second kappa shape index (κ2) is 3.30. The van der Waals surface area contributed by atoms with Crippen molar-refractivity contribution in [2.75, 3.05) is 5.73 Å². The van der Waals surface area contributed by atoms with Crippen LogP contribution in [0, 0.1) is 0 Å². The van der Waals surface area contributed by atoms with Crippen LogP contribution in [0.3, 0.4) is 0 Å². The number of nitrogens with one attached hydrogen (secondary N) is 1. The molecular formula is C12H7BrN2O2. The summed E-state index contributed by atoms with van der Waals surface area (Å²) < 4.78 is 0.481. The molecule has 5 heteroatoms. The highest BCUT2D eigenvalue weighted by atomic mass is 79.9. The molecule has 0 bridgehead atoms. The van der Waals surface area contributed by atoms with Gasteiger partial charge in [-0.25, -0.2) is 0 Å². The van der Waals surface area contributed by atoms with E-state index in [0.29, 0.717) is 26.7 Å². The highest BCUT2D eigenvalue weighted by Gasteiger charge is 2.32. The second-order valence-corrected chi connectivity index (χ2v) is 4.60. The molecule has 0 aliphatic carbocycles. The summed E-state index contributed by atoms with van der Waals surface area (Å²) in [6.45, 7) is 0. The molecule has 0 atom stereocenters. The number of carbonyl (C=O) groups excluding carboxylic acids is 2. The Kier molecular flexibility index (Phi) is 2.00. The van der Waals surface area contributed by atoms with E-state index in [-0.39, 0.29) is 5.91 Å². The van der Waals surface area contributed by atoms with Crippen molar-refractivity contribution in [3.05, 3.63) is 39.9 Å². The van der Waals surface area contributed by atoms with Gasteiger partial charge in [0, 0.05) is 5.39 Å². The third kappa shape index (κ3) is 1.23. The maximum Gasteiger partial charge on any atom is 0.260 e. The zero-order valence-corrected chi connectivity index (χ0v) is 10.2. The summed E-state index contributed by atoms with van der Waals surface area (Å²) in [5, 5.41) is 3.75. The number of hydrogen-bond acceptors (Lipinski definition) is 3. The molecule has 0 unspecified atom stereocenters. The van der Waals surface area contributed by atoms with E-state index in [4.69, 9.17) is 5.73 Å². The number of hydrogen-bond donors (Lipinski definition) is 2. The van der Waals surface area contributed by atoms with Crippen molar-refractivity contribution in [2.24, 2.45) is 0 Å². The Morgan fingerprint density at radius 1 is 1.00 bits per heavy atom. The quantitative estimate of drug-likeness (QED) is 0.576. The van der Waals surface area contributed by atoms with Crippen LogP contribution in [0.5, 0.6) is 0 Å². The van der Waals surface area contributed by atoms with E-state index in [0.717, 1.165) is 5.39 Å². The molecule has 0 saturated heterocycles. The van der Waals surface area contributed by atoms with Crippen LogP contribution in [0.2, 0.25) is 0 Å². The smallest absolute Gasteiger partial charge is 0.260 e. The van der Waals surface area contributed by atoms with Crippen LogP contribution in [0.25, 0.3) is 10.8 Å². The van der Waals surface area contributed by atoms with Gasteiger partial charge in [0.05, 0.1) is 21.3 Å². The van der Waals surface area contributed by atoms with Gasteiger partial charge in [-0.3, -0.25) is 14.9 Å². The monoisotopic (exact) mass is 290 g/mol. The summed E-state index contributed by atoms with van der Waals surface area (Å²) in [6.07, 6.45) is 0. The van der Waals surface area contributed by atoms with Gasteiger partial charge < -0.3 is 5.73 Å². The Balaban J connectivity index is 2.59. The van der Waals surface area contributed by atoms with Crippen LogP contribution in [0.1, 0.15) is 20.7 Å². The average Bonchev–Trinajstić information content (AvgIpc) is 2.62. The molecule has 3 rings (SSSR count). The summed E-state index contributed by atoms with van der Waals surface area (Å²) in [5.41, 5.74) is 7.16. The highest BCUT2D eigenvalue weighted by Crippen LogP contribution is 2.38. The maximum atomic E-state index is 11.8. The van der Waals surface area contributed by atoms with E-state index in [1.807, 2.05) is 18.2 Å². The molecule has 2 aromatic carbocycles. The Labute approximate surface area is 105 Å². The standard InChI is InChI=1S/C12H7BrN2O2/c13-9-8-7(11(16)15-12(8)17)5-3-1-2-4-6(5)10(9)14/h1-4H,14H2,(H,15,16,17). The van der Waals surface area contributed by atoms with Crippen LogP contribution in [0.4, 0.5) is 5.69 Å². The SMILES string of the molecule is Nc1c(Br)c2c(c3ccccc13)C(=O)NC2=O. The lowest BCUT2D eigenvalue weighted by molar-refractivity contribution is 0.0880. The van der Waals surface area contributed by atoms with Gasteiger partial charge in [-0.15, -0.1) is 0 Å². The lowest BCUT2D eigenvalue weighted by Crippen LogP contribution is -2.20. The molecular weight excluding hydrogens is 284 g/mol. The van der Waals surface area contributed by atoms with Crippen LogP contribution < -0.4 is 11.1 Å². The van der Waals surface area contributed by atoms with Crippen molar-refractivity contribution >= 4 is 44.2 Å². The van der Waals surface area contributed by atoms with Crippen molar-refractivity contribution in [3.63, 3.8) is 0 Å². The van der Waals surface area contributed by atoms with E-state index in [9.17, 15) is 9.59 Å². The van der Waals surface area contributed by atoms with Gasteiger partial charge in [-0.05, 0) is 21.3 Å². The van der Waals surface area contributed by atoms with Crippen LogP contribution in [-0.4, -0.2) is 11.8 Å². The molecule has 1 heterocycles. The summed E-state index contributed by atoms with van der Waals surface area (Å²) in [4.78, 5) is 23.4. The van der Waals surface area contributed by atoms with Gasteiger partial charge in [0.15, 0.2) is 0 Å². The third-order valence-corrected chi connectivity index (χ3v) is 3.70. The van der Waals surface area contributed by atoms with Gasteiger partial charge in [-0.1, -0.05) is 24.3 Å². The fraction of sp³-hybridized carbons (Fsp3) is 0. The normalized spacial score (nSPS) is 13.9. The average molecular weight is 291 g/mol. The minimum atomic E-state index is -0.408. The maximum absolute atomic E-state index is 11.8. The molecule has 1 aliphatic rings. The molecule has 1 aliphatic heterocycles. The molecule has 0 saturated carbocycles. The second-order valence-electron chi connectivity index (χ2n) is 3.81. The number of benzene rings is 2. The number of fused-ring (bicyclic) bond motifs is 3. The molecule has 2 aromatic rings. The number of imide groups is 1. The van der Waals surface area contributed by atoms with E-state index >= 15 is 0 Å². The first-order valence-corrected chi connectivity index (χ1v) is 5.76. The molecule has 3 N–H and O–H groups in total. The minimum absolute atomic E-state index is 0.325. The lowest BCUT2D eigenvalue weighted by Gasteiger charge is -2.08. The van der Waals surface area contributed by atoms with E-state index in [2.05, 4.69) is 21.2 Å². The van der Waals surface area contributed by atoms with Gasteiger partial charge >= 0.3 is 0 Å². The van der Waals surface area contributed by atoms with E-state index in [1.54, 1.807) is 6.07 Å². The topological polar surface area (TPSA) is 72.2 Å². The van der Waals surface area contributed by atoms with Crippen molar-refractivity contribution < 1.29 is 9.59 Å².